The first-order valence-corrected chi connectivity index (χ1v) is 7.36. The predicted molar refractivity (Wildman–Crippen MR) is 88.7 cm³/mol. The first-order valence-electron chi connectivity index (χ1n) is 7.36. The summed E-state index contributed by atoms with van der Waals surface area (Å²) in [6, 6.07) is 10.6. The molecule has 0 aliphatic rings. The van der Waals surface area contributed by atoms with Gasteiger partial charge in [-0.15, -0.1) is 0 Å². The van der Waals surface area contributed by atoms with E-state index in [1.165, 1.54) is 6.07 Å². The maximum atomic E-state index is 12.8. The zero-order valence-corrected chi connectivity index (χ0v) is 13.2. The summed E-state index contributed by atoms with van der Waals surface area (Å²) in [6.07, 6.45) is 0.563. The summed E-state index contributed by atoms with van der Waals surface area (Å²) in [5, 5.41) is 10.3. The number of aromatic amines is 1. The number of nitrogens with one attached hydrogen (secondary N) is 1. The number of hydrogen-bond donors (Lipinski definition) is 1. The summed E-state index contributed by atoms with van der Waals surface area (Å²) in [5.74, 6) is 0.615. The van der Waals surface area contributed by atoms with E-state index in [1.807, 2.05) is 6.07 Å². The number of ether oxygens (including phenoxy) is 1. The average Bonchev–Trinajstić information content (AvgIpc) is 3.14. The van der Waals surface area contributed by atoms with Gasteiger partial charge in [-0.25, -0.2) is 0 Å². The maximum Gasteiger partial charge on any atom is 0.416 e. The van der Waals surface area contributed by atoms with Crippen molar-refractivity contribution >= 4 is 12.2 Å². The van der Waals surface area contributed by atoms with Crippen LogP contribution in [0.2, 0.25) is 0 Å². The van der Waals surface area contributed by atoms with Gasteiger partial charge in [-0.1, -0.05) is 24.3 Å². The average molecular weight is 345 g/mol. The molecule has 2 aromatic carbocycles. The summed E-state index contributed by atoms with van der Waals surface area (Å²) in [5.41, 5.74) is 1.99. The molecule has 0 radical (unpaired) electrons. The highest BCUT2D eigenvalue weighted by Gasteiger charge is 2.30. The summed E-state index contributed by atoms with van der Waals surface area (Å²) < 4.78 is 43.6. The Bertz CT molecular complexity index is 887. The fraction of sp³-hybridized carbons (Fsp3) is 0.111. The molecule has 0 atom stereocenters. The van der Waals surface area contributed by atoms with E-state index in [1.54, 1.807) is 43.7 Å². The quantitative estimate of drug-likeness (QED) is 0.699. The number of nitrogens with zero attached hydrogens (tertiary/aromatic N) is 2. The summed E-state index contributed by atoms with van der Waals surface area (Å²) >= 11 is 0. The van der Waals surface area contributed by atoms with Crippen LogP contribution >= 0.6 is 0 Å². The molecule has 1 heterocycles. The Morgan fingerprint density at radius 3 is 2.52 bits per heavy atom. The first-order chi connectivity index (χ1) is 12.0. The van der Waals surface area contributed by atoms with Crippen LogP contribution in [0, 0.1) is 0 Å². The largest absolute Gasteiger partial charge is 0.497 e. The van der Waals surface area contributed by atoms with Crippen molar-refractivity contribution in [3.8, 4) is 17.0 Å². The predicted octanol–water partition coefficient (Wildman–Crippen LogP) is 4.67. The first kappa shape index (κ1) is 16.8. The van der Waals surface area contributed by atoms with Crippen LogP contribution in [0.15, 0.2) is 48.7 Å². The van der Waals surface area contributed by atoms with Crippen molar-refractivity contribution in [3.05, 3.63) is 65.4 Å². The van der Waals surface area contributed by atoms with Crippen molar-refractivity contribution in [1.82, 2.24) is 15.4 Å². The van der Waals surface area contributed by atoms with Crippen LogP contribution in [0.4, 0.5) is 13.2 Å². The molecule has 0 aliphatic heterocycles. The Morgan fingerprint density at radius 1 is 1.04 bits per heavy atom. The van der Waals surface area contributed by atoms with Gasteiger partial charge < -0.3 is 4.74 Å². The van der Waals surface area contributed by atoms with E-state index in [0.29, 0.717) is 17.0 Å². The van der Waals surface area contributed by atoms with Crippen LogP contribution in [0.3, 0.4) is 0 Å². The smallest absolute Gasteiger partial charge is 0.416 e. The molecule has 1 aromatic heterocycles. The lowest BCUT2D eigenvalue weighted by Crippen LogP contribution is -2.04. The molecule has 0 bridgehead atoms. The third kappa shape index (κ3) is 4.06. The Morgan fingerprint density at radius 2 is 1.84 bits per heavy atom. The van der Waals surface area contributed by atoms with Crippen molar-refractivity contribution in [2.45, 2.75) is 6.18 Å². The van der Waals surface area contributed by atoms with E-state index >= 15 is 0 Å². The molecule has 0 spiro atoms. The van der Waals surface area contributed by atoms with Crippen molar-refractivity contribution in [3.63, 3.8) is 0 Å². The molecule has 0 saturated carbocycles. The SMILES string of the molecule is COc1cc(/C=C/c2cccc(C(F)(F)F)c2)cc(-c2cn[nH]n2)c1. The number of alkyl halides is 3. The van der Waals surface area contributed by atoms with Gasteiger partial charge in [0.1, 0.15) is 11.4 Å². The Balaban J connectivity index is 1.92. The molecule has 0 amide bonds. The third-order valence-electron chi connectivity index (χ3n) is 3.56. The second-order valence-corrected chi connectivity index (χ2v) is 5.31. The Labute approximate surface area is 142 Å². The fourth-order valence-electron chi connectivity index (χ4n) is 2.34. The lowest BCUT2D eigenvalue weighted by Gasteiger charge is -2.07. The molecule has 0 fully saturated rings. The summed E-state index contributed by atoms with van der Waals surface area (Å²) in [6.45, 7) is 0. The normalized spacial score (nSPS) is 11.8. The van der Waals surface area contributed by atoms with Gasteiger partial charge in [0.05, 0.1) is 18.9 Å². The highest BCUT2D eigenvalue weighted by molar-refractivity contribution is 5.74. The minimum atomic E-state index is -4.36. The van der Waals surface area contributed by atoms with E-state index < -0.39 is 11.7 Å². The van der Waals surface area contributed by atoms with Crippen molar-refractivity contribution < 1.29 is 17.9 Å². The van der Waals surface area contributed by atoms with Gasteiger partial charge in [0.2, 0.25) is 0 Å². The number of rotatable bonds is 4. The number of benzene rings is 2. The van der Waals surface area contributed by atoms with Crippen molar-refractivity contribution in [2.75, 3.05) is 7.11 Å². The van der Waals surface area contributed by atoms with Crippen molar-refractivity contribution in [1.29, 1.82) is 0 Å². The van der Waals surface area contributed by atoms with E-state index in [2.05, 4.69) is 15.4 Å². The van der Waals surface area contributed by atoms with Crippen LogP contribution < -0.4 is 4.74 Å². The molecule has 3 aromatic rings. The van der Waals surface area contributed by atoms with Crippen LogP contribution in [0.5, 0.6) is 5.75 Å². The molecule has 0 aliphatic carbocycles. The van der Waals surface area contributed by atoms with Gasteiger partial charge in [0.15, 0.2) is 0 Å². The van der Waals surface area contributed by atoms with Gasteiger partial charge in [0.25, 0.3) is 0 Å². The molecule has 0 saturated heterocycles. The number of aromatic nitrogens is 3. The monoisotopic (exact) mass is 345 g/mol. The zero-order chi connectivity index (χ0) is 17.9. The summed E-state index contributed by atoms with van der Waals surface area (Å²) in [7, 11) is 1.54. The van der Waals surface area contributed by atoms with E-state index in [0.717, 1.165) is 23.3 Å². The topological polar surface area (TPSA) is 50.8 Å². The summed E-state index contributed by atoms with van der Waals surface area (Å²) in [4.78, 5) is 0. The van der Waals surface area contributed by atoms with Crippen LogP contribution in [-0.2, 0) is 6.18 Å². The minimum Gasteiger partial charge on any atom is -0.497 e. The maximum absolute atomic E-state index is 12.8. The van der Waals surface area contributed by atoms with Crippen LogP contribution in [-0.4, -0.2) is 22.5 Å². The molecule has 128 valence electrons. The molecule has 4 nitrogen and oxygen atoms in total. The number of methoxy groups -OCH3 is 1. The van der Waals surface area contributed by atoms with E-state index in [9.17, 15) is 13.2 Å². The van der Waals surface area contributed by atoms with Crippen LogP contribution in [0.1, 0.15) is 16.7 Å². The highest BCUT2D eigenvalue weighted by atomic mass is 19.4. The number of hydrogen-bond acceptors (Lipinski definition) is 3. The van der Waals surface area contributed by atoms with E-state index in [4.69, 9.17) is 4.74 Å². The van der Waals surface area contributed by atoms with Gasteiger partial charge >= 0.3 is 6.18 Å². The van der Waals surface area contributed by atoms with Gasteiger partial charge in [-0.2, -0.15) is 28.6 Å². The van der Waals surface area contributed by atoms with Gasteiger partial charge in [0, 0.05) is 5.56 Å². The molecule has 25 heavy (non-hydrogen) atoms. The third-order valence-corrected chi connectivity index (χ3v) is 3.56. The Kier molecular flexibility index (Phi) is 4.56. The van der Waals surface area contributed by atoms with Gasteiger partial charge in [-0.05, 0) is 41.5 Å². The molecular weight excluding hydrogens is 331 g/mol. The lowest BCUT2D eigenvalue weighted by molar-refractivity contribution is -0.137. The molecule has 0 unspecified atom stereocenters. The van der Waals surface area contributed by atoms with Crippen LogP contribution in [0.25, 0.3) is 23.4 Å². The number of H-pyrrole nitrogens is 1. The highest BCUT2D eigenvalue weighted by Crippen LogP contribution is 2.30. The second kappa shape index (κ2) is 6.80. The number of halogens is 3. The lowest BCUT2D eigenvalue weighted by atomic mass is 10.1. The second-order valence-electron chi connectivity index (χ2n) is 5.31. The zero-order valence-electron chi connectivity index (χ0n) is 13.2. The molecular formula is C18H14F3N3O. The molecule has 7 heteroatoms. The molecule has 3 rings (SSSR count). The minimum absolute atomic E-state index is 0.459. The van der Waals surface area contributed by atoms with E-state index in [-0.39, 0.29) is 0 Å². The molecule has 1 N–H and O–H groups in total. The fourth-order valence-corrected chi connectivity index (χ4v) is 2.34. The van der Waals surface area contributed by atoms with Gasteiger partial charge in [-0.3, -0.25) is 0 Å². The Hall–Kier alpha value is -3.09. The van der Waals surface area contributed by atoms with Crippen molar-refractivity contribution in [2.24, 2.45) is 0 Å². The standard InChI is InChI=1S/C18H14F3N3O/c1-25-16-9-13(7-14(10-16)17-11-22-24-23-17)6-5-12-3-2-4-15(8-12)18(19,20)21/h2-11H,1H3,(H,22,23,24)/b6-5+.